The van der Waals surface area contributed by atoms with Crippen LogP contribution < -0.4 is 0 Å². The molecule has 4 aliphatic carbocycles. The summed E-state index contributed by atoms with van der Waals surface area (Å²) in [6.07, 6.45) is 5.86. The summed E-state index contributed by atoms with van der Waals surface area (Å²) in [5.74, 6) is 0.447. The molecule has 0 heterocycles. The molecule has 84 valence electrons. The molecule has 0 aromatic rings. The Bertz CT molecular complexity index is 430. The van der Waals surface area contributed by atoms with Gasteiger partial charge in [-0.05, 0) is 37.3 Å². The largest absolute Gasteiger partial charge is 0.381 e. The molecule has 4 rings (SSSR count). The minimum absolute atomic E-state index is 0.0195. The lowest BCUT2D eigenvalue weighted by Gasteiger charge is -2.44. The number of hydrogen-bond donors (Lipinski definition) is 0. The van der Waals surface area contributed by atoms with E-state index in [-0.39, 0.29) is 29.5 Å². The number of carbonyl (C=O) groups is 2. The lowest BCUT2D eigenvalue weighted by Crippen LogP contribution is -2.43. The maximum atomic E-state index is 11.9. The van der Waals surface area contributed by atoms with Crippen molar-refractivity contribution in [2.75, 3.05) is 7.11 Å². The van der Waals surface area contributed by atoms with Gasteiger partial charge in [0.25, 0.3) is 0 Å². The summed E-state index contributed by atoms with van der Waals surface area (Å²) in [6.45, 7) is 0. The normalized spacial score (nSPS) is 36.9. The minimum Gasteiger partial charge on any atom is -0.381 e. The Kier molecular flexibility index (Phi) is 2.11. The zero-order valence-electron chi connectivity index (χ0n) is 9.23. The number of methoxy groups -OCH3 is 1. The average molecular weight is 218 g/mol. The number of allylic oxidation sites excluding steroid dienone is 3. The van der Waals surface area contributed by atoms with Crippen molar-refractivity contribution in [1.29, 1.82) is 0 Å². The van der Waals surface area contributed by atoms with E-state index in [9.17, 15) is 9.59 Å². The van der Waals surface area contributed by atoms with Gasteiger partial charge in [0.1, 0.15) is 0 Å². The third-order valence-electron chi connectivity index (χ3n) is 4.08. The first kappa shape index (κ1) is 9.97. The minimum atomic E-state index is 0.0195. The zero-order chi connectivity index (χ0) is 11.3. The average Bonchev–Trinajstić information content (AvgIpc) is 2.33. The monoisotopic (exact) mass is 218 g/mol. The first-order chi connectivity index (χ1) is 7.72. The zero-order valence-corrected chi connectivity index (χ0v) is 9.23. The number of ketones is 2. The first-order valence-electron chi connectivity index (χ1n) is 5.76. The van der Waals surface area contributed by atoms with Crippen LogP contribution in [0.15, 0.2) is 23.3 Å². The molecule has 0 N–H and O–H groups in total. The molecule has 16 heavy (non-hydrogen) atoms. The highest BCUT2D eigenvalue weighted by atomic mass is 16.5. The van der Waals surface area contributed by atoms with Crippen molar-refractivity contribution in [2.45, 2.75) is 25.4 Å². The van der Waals surface area contributed by atoms with Gasteiger partial charge < -0.3 is 4.74 Å². The second-order valence-corrected chi connectivity index (χ2v) is 4.78. The van der Waals surface area contributed by atoms with E-state index in [1.807, 2.05) is 0 Å². The van der Waals surface area contributed by atoms with Crippen LogP contribution in [0.4, 0.5) is 0 Å². The second-order valence-electron chi connectivity index (χ2n) is 4.78. The van der Waals surface area contributed by atoms with Gasteiger partial charge in [0.2, 0.25) is 0 Å². The number of ether oxygens (including phenoxy) is 1. The highest BCUT2D eigenvalue weighted by molar-refractivity contribution is 6.21. The van der Waals surface area contributed by atoms with E-state index in [4.69, 9.17) is 4.74 Å². The van der Waals surface area contributed by atoms with E-state index >= 15 is 0 Å². The SMILES string of the molecule is COC1CC2CCC1C1=C2C(=O)C=CC1=O. The van der Waals surface area contributed by atoms with Crippen LogP contribution in [0.5, 0.6) is 0 Å². The van der Waals surface area contributed by atoms with Crippen molar-refractivity contribution in [2.24, 2.45) is 11.8 Å². The fourth-order valence-corrected chi connectivity index (χ4v) is 3.38. The molecule has 0 aliphatic heterocycles. The standard InChI is InChI=1S/C13H14O3/c1-16-11-6-7-2-3-8(11)13-10(15)5-4-9(14)12(7)13/h4-5,7-8,11H,2-3,6H2,1H3. The molecular formula is C13H14O3. The Hall–Kier alpha value is -1.22. The Morgan fingerprint density at radius 2 is 1.81 bits per heavy atom. The molecule has 0 aromatic heterocycles. The van der Waals surface area contributed by atoms with E-state index in [0.29, 0.717) is 0 Å². The number of hydrogen-bond acceptors (Lipinski definition) is 3. The second kappa shape index (κ2) is 3.39. The lowest BCUT2D eigenvalue weighted by molar-refractivity contribution is -0.118. The molecule has 0 aromatic carbocycles. The van der Waals surface area contributed by atoms with Crippen LogP contribution in [0.2, 0.25) is 0 Å². The Morgan fingerprint density at radius 1 is 1.12 bits per heavy atom. The topological polar surface area (TPSA) is 43.4 Å². The fourth-order valence-electron chi connectivity index (χ4n) is 3.38. The van der Waals surface area contributed by atoms with Gasteiger partial charge in [0, 0.05) is 24.2 Å². The van der Waals surface area contributed by atoms with Crippen LogP contribution >= 0.6 is 0 Å². The molecule has 1 saturated carbocycles. The number of carbonyl (C=O) groups excluding carboxylic acids is 2. The molecular weight excluding hydrogens is 204 g/mol. The summed E-state index contributed by atoms with van der Waals surface area (Å²) in [4.78, 5) is 23.7. The van der Waals surface area contributed by atoms with Crippen molar-refractivity contribution >= 4 is 11.6 Å². The molecule has 0 saturated heterocycles. The third kappa shape index (κ3) is 1.18. The maximum absolute atomic E-state index is 11.9. The first-order valence-corrected chi connectivity index (χ1v) is 5.76. The van der Waals surface area contributed by atoms with E-state index in [1.165, 1.54) is 12.2 Å². The van der Waals surface area contributed by atoms with E-state index < -0.39 is 0 Å². The van der Waals surface area contributed by atoms with Crippen LogP contribution in [0, 0.1) is 11.8 Å². The molecule has 3 nitrogen and oxygen atoms in total. The lowest BCUT2D eigenvalue weighted by atomic mass is 9.62. The molecule has 4 aliphatic rings. The van der Waals surface area contributed by atoms with E-state index in [0.717, 1.165) is 30.4 Å². The van der Waals surface area contributed by atoms with Gasteiger partial charge in [0.15, 0.2) is 11.6 Å². The summed E-state index contributed by atoms with van der Waals surface area (Å²) in [5, 5.41) is 0. The summed E-state index contributed by atoms with van der Waals surface area (Å²) < 4.78 is 5.44. The van der Waals surface area contributed by atoms with Gasteiger partial charge >= 0.3 is 0 Å². The molecule has 3 atom stereocenters. The van der Waals surface area contributed by atoms with E-state index in [2.05, 4.69) is 0 Å². The van der Waals surface area contributed by atoms with Gasteiger partial charge in [-0.15, -0.1) is 0 Å². The van der Waals surface area contributed by atoms with Gasteiger partial charge in [0.05, 0.1) is 6.10 Å². The van der Waals surface area contributed by atoms with Crippen LogP contribution in [0.3, 0.4) is 0 Å². The Labute approximate surface area is 94.2 Å². The predicted molar refractivity (Wildman–Crippen MR) is 57.8 cm³/mol. The highest BCUT2D eigenvalue weighted by Crippen LogP contribution is 2.48. The summed E-state index contributed by atoms with van der Waals surface area (Å²) in [7, 11) is 1.69. The maximum Gasteiger partial charge on any atom is 0.182 e. The molecule has 1 fully saturated rings. The summed E-state index contributed by atoms with van der Waals surface area (Å²) >= 11 is 0. The highest BCUT2D eigenvalue weighted by Gasteiger charge is 2.46. The van der Waals surface area contributed by atoms with Crippen molar-refractivity contribution in [1.82, 2.24) is 0 Å². The van der Waals surface area contributed by atoms with Crippen molar-refractivity contribution in [3.8, 4) is 0 Å². The predicted octanol–water partition coefficient (Wildman–Crippen LogP) is 1.44. The third-order valence-corrected chi connectivity index (χ3v) is 4.08. The molecule has 2 bridgehead atoms. The van der Waals surface area contributed by atoms with Gasteiger partial charge in [-0.1, -0.05) is 0 Å². The van der Waals surface area contributed by atoms with Crippen LogP contribution in [-0.2, 0) is 14.3 Å². The molecule has 0 spiro atoms. The van der Waals surface area contributed by atoms with Crippen LogP contribution in [-0.4, -0.2) is 24.8 Å². The molecule has 0 amide bonds. The molecule has 3 heteroatoms. The molecule has 3 unspecified atom stereocenters. The number of rotatable bonds is 1. The smallest absolute Gasteiger partial charge is 0.182 e. The van der Waals surface area contributed by atoms with Crippen LogP contribution in [0.1, 0.15) is 19.3 Å². The van der Waals surface area contributed by atoms with Crippen LogP contribution in [0.25, 0.3) is 0 Å². The summed E-state index contributed by atoms with van der Waals surface area (Å²) in [6, 6.07) is 0. The quantitative estimate of drug-likeness (QED) is 0.625. The fraction of sp³-hybridized carbons (Fsp3) is 0.538. The van der Waals surface area contributed by atoms with Crippen molar-refractivity contribution in [3.63, 3.8) is 0 Å². The summed E-state index contributed by atoms with van der Waals surface area (Å²) in [5.41, 5.74) is 1.54. The van der Waals surface area contributed by atoms with Crippen molar-refractivity contribution < 1.29 is 14.3 Å². The van der Waals surface area contributed by atoms with Gasteiger partial charge in [-0.2, -0.15) is 0 Å². The molecule has 0 radical (unpaired) electrons. The van der Waals surface area contributed by atoms with Crippen molar-refractivity contribution in [3.05, 3.63) is 23.3 Å². The van der Waals surface area contributed by atoms with Gasteiger partial charge in [-0.25, -0.2) is 0 Å². The van der Waals surface area contributed by atoms with E-state index in [1.54, 1.807) is 7.11 Å². The van der Waals surface area contributed by atoms with Gasteiger partial charge in [-0.3, -0.25) is 9.59 Å². The number of fused-ring (bicyclic) bond motifs is 2. The Morgan fingerprint density at radius 3 is 2.50 bits per heavy atom. The Balaban J connectivity index is 2.11.